The molecule has 0 aliphatic rings. The second-order valence-corrected chi connectivity index (χ2v) is 2.91. The lowest BCUT2D eigenvalue weighted by molar-refractivity contribution is 1.50. The molecule has 0 atom stereocenters. The van der Waals surface area contributed by atoms with Gasteiger partial charge in [-0.15, -0.1) is 0 Å². The lowest BCUT2D eigenvalue weighted by Gasteiger charge is -2.03. The van der Waals surface area contributed by atoms with Crippen molar-refractivity contribution in [2.45, 2.75) is 0 Å². The highest BCUT2D eigenvalue weighted by atomic mass is 15.1. The molecule has 0 aromatic heterocycles. The second-order valence-electron chi connectivity index (χ2n) is 2.91. The molecule has 68 valence electrons. The molecule has 2 rings (SSSR count). The van der Waals surface area contributed by atoms with E-state index in [1.54, 1.807) is 6.07 Å². The Hall–Kier alpha value is -2.19. The predicted molar refractivity (Wildman–Crippen MR) is 57.2 cm³/mol. The van der Waals surface area contributed by atoms with Crippen LogP contribution < -0.4 is 5.73 Å². The van der Waals surface area contributed by atoms with Crippen molar-refractivity contribution < 1.29 is 0 Å². The summed E-state index contributed by atoms with van der Waals surface area (Å²) in [5.74, 6) is 0. The number of rotatable bonds is 1. The second kappa shape index (κ2) is 3.28. The highest BCUT2D eigenvalue weighted by molar-refractivity contribution is 5.97. The third-order valence-corrected chi connectivity index (χ3v) is 2.10. The van der Waals surface area contributed by atoms with Crippen LogP contribution in [0.15, 0.2) is 41.5 Å². The van der Waals surface area contributed by atoms with Crippen LogP contribution in [0.3, 0.4) is 0 Å². The Kier molecular flexibility index (Phi) is 1.97. The van der Waals surface area contributed by atoms with Gasteiger partial charge in [-0.05, 0) is 17.0 Å². The zero-order valence-electron chi connectivity index (χ0n) is 7.38. The van der Waals surface area contributed by atoms with Gasteiger partial charge in [0.2, 0.25) is 0 Å². The Bertz CT molecular complexity index is 527. The summed E-state index contributed by atoms with van der Waals surface area (Å²) in [5, 5.41) is 5.47. The molecule has 0 fully saturated rings. The number of hydrogen-bond acceptors (Lipinski definition) is 2. The van der Waals surface area contributed by atoms with Gasteiger partial charge in [0.15, 0.2) is 0 Å². The van der Waals surface area contributed by atoms with E-state index in [1.165, 1.54) is 0 Å². The van der Waals surface area contributed by atoms with Crippen molar-refractivity contribution in [3.05, 3.63) is 46.8 Å². The zero-order valence-corrected chi connectivity index (χ0v) is 7.38. The molecule has 0 spiro atoms. The van der Waals surface area contributed by atoms with Crippen molar-refractivity contribution in [2.24, 2.45) is 5.11 Å². The zero-order chi connectivity index (χ0) is 9.97. The highest BCUT2D eigenvalue weighted by Crippen LogP contribution is 2.30. The van der Waals surface area contributed by atoms with E-state index in [9.17, 15) is 0 Å². The smallest absolute Gasteiger partial charge is 0.0611 e. The number of anilines is 1. The van der Waals surface area contributed by atoms with E-state index in [0.717, 1.165) is 10.8 Å². The summed E-state index contributed by atoms with van der Waals surface area (Å²) >= 11 is 0. The van der Waals surface area contributed by atoms with E-state index in [1.807, 2.05) is 30.3 Å². The molecule has 0 heterocycles. The van der Waals surface area contributed by atoms with Crippen LogP contribution in [0.5, 0.6) is 0 Å². The van der Waals surface area contributed by atoms with E-state index in [2.05, 4.69) is 10.0 Å². The first-order chi connectivity index (χ1) is 6.83. The van der Waals surface area contributed by atoms with Crippen LogP contribution >= 0.6 is 0 Å². The van der Waals surface area contributed by atoms with Gasteiger partial charge in [0.25, 0.3) is 0 Å². The van der Waals surface area contributed by atoms with Crippen molar-refractivity contribution in [1.29, 1.82) is 0 Å². The van der Waals surface area contributed by atoms with Gasteiger partial charge in [0.05, 0.1) is 5.69 Å². The fourth-order valence-corrected chi connectivity index (χ4v) is 1.42. The third kappa shape index (κ3) is 1.24. The van der Waals surface area contributed by atoms with Crippen molar-refractivity contribution in [3.63, 3.8) is 0 Å². The molecule has 14 heavy (non-hydrogen) atoms. The first-order valence-corrected chi connectivity index (χ1v) is 4.15. The summed E-state index contributed by atoms with van der Waals surface area (Å²) in [6.45, 7) is 0. The van der Waals surface area contributed by atoms with Gasteiger partial charge in [-0.1, -0.05) is 35.4 Å². The highest BCUT2D eigenvalue weighted by Gasteiger charge is 2.00. The number of nitrogens with zero attached hydrogens (tertiary/aromatic N) is 3. The molecule has 2 N–H and O–H groups in total. The van der Waals surface area contributed by atoms with Gasteiger partial charge in [0.1, 0.15) is 0 Å². The molecule has 0 unspecified atom stereocenters. The van der Waals surface area contributed by atoms with Crippen molar-refractivity contribution in [1.82, 2.24) is 0 Å². The first-order valence-electron chi connectivity index (χ1n) is 4.15. The summed E-state index contributed by atoms with van der Waals surface area (Å²) < 4.78 is 0. The maximum absolute atomic E-state index is 8.32. The molecule has 0 radical (unpaired) electrons. The van der Waals surface area contributed by atoms with Crippen molar-refractivity contribution in [3.8, 4) is 0 Å². The van der Waals surface area contributed by atoms with E-state index in [4.69, 9.17) is 11.3 Å². The molecular formula is C10H8N4. The largest absolute Gasteiger partial charge is 0.398 e. The van der Waals surface area contributed by atoms with Gasteiger partial charge in [0, 0.05) is 16.0 Å². The van der Waals surface area contributed by atoms with E-state index >= 15 is 0 Å². The number of benzene rings is 2. The fourth-order valence-electron chi connectivity index (χ4n) is 1.42. The topological polar surface area (TPSA) is 74.8 Å². The van der Waals surface area contributed by atoms with Crippen LogP contribution in [0, 0.1) is 0 Å². The number of nitrogens with two attached hydrogens (primary N) is 1. The molecular weight excluding hydrogens is 176 g/mol. The molecule has 0 aliphatic carbocycles. The molecule has 2 aromatic carbocycles. The maximum atomic E-state index is 8.32. The molecule has 0 saturated carbocycles. The average Bonchev–Trinajstić information content (AvgIpc) is 2.23. The SMILES string of the molecule is [N-]=[N+]=Nc1ccc2ccccc2c1N. The summed E-state index contributed by atoms with van der Waals surface area (Å²) in [6.07, 6.45) is 0. The Labute approximate surface area is 80.6 Å². The Balaban J connectivity index is 2.81. The van der Waals surface area contributed by atoms with Crippen LogP contribution in [-0.4, -0.2) is 0 Å². The van der Waals surface area contributed by atoms with Crippen LogP contribution in [-0.2, 0) is 0 Å². The number of azide groups is 1. The third-order valence-electron chi connectivity index (χ3n) is 2.10. The van der Waals surface area contributed by atoms with Crippen molar-refractivity contribution >= 4 is 22.1 Å². The van der Waals surface area contributed by atoms with E-state index in [-0.39, 0.29) is 0 Å². The lowest BCUT2D eigenvalue weighted by Crippen LogP contribution is -1.86. The molecule has 0 bridgehead atoms. The molecule has 0 amide bonds. The Morgan fingerprint density at radius 2 is 1.93 bits per heavy atom. The predicted octanol–water partition coefficient (Wildman–Crippen LogP) is 3.36. The van der Waals surface area contributed by atoms with Gasteiger partial charge in [-0.25, -0.2) is 0 Å². The summed E-state index contributed by atoms with van der Waals surface area (Å²) in [7, 11) is 0. The van der Waals surface area contributed by atoms with Gasteiger partial charge < -0.3 is 5.73 Å². The minimum Gasteiger partial charge on any atom is -0.398 e. The van der Waals surface area contributed by atoms with Gasteiger partial charge >= 0.3 is 0 Å². The molecule has 4 nitrogen and oxygen atoms in total. The number of hydrogen-bond donors (Lipinski definition) is 1. The lowest BCUT2D eigenvalue weighted by atomic mass is 10.1. The quantitative estimate of drug-likeness (QED) is 0.313. The maximum Gasteiger partial charge on any atom is 0.0611 e. The summed E-state index contributed by atoms with van der Waals surface area (Å²) in [6, 6.07) is 11.3. The standard InChI is InChI=1S/C10H8N4/c11-10-8-4-2-1-3-7(8)5-6-9(10)13-14-12/h1-6H,11H2. The first kappa shape index (κ1) is 8.41. The molecule has 2 aromatic rings. The van der Waals surface area contributed by atoms with Crippen LogP contribution in [0.1, 0.15) is 0 Å². The summed E-state index contributed by atoms with van der Waals surface area (Å²) in [5.41, 5.74) is 15.2. The van der Waals surface area contributed by atoms with Crippen LogP contribution in [0.25, 0.3) is 21.2 Å². The molecule has 0 aliphatic heterocycles. The van der Waals surface area contributed by atoms with Crippen molar-refractivity contribution in [2.75, 3.05) is 5.73 Å². The number of fused-ring (bicyclic) bond motifs is 1. The minimum atomic E-state index is 0.478. The van der Waals surface area contributed by atoms with Gasteiger partial charge in [-0.2, -0.15) is 0 Å². The Morgan fingerprint density at radius 1 is 1.14 bits per heavy atom. The van der Waals surface area contributed by atoms with Gasteiger partial charge in [-0.3, -0.25) is 0 Å². The number of nitrogen functional groups attached to an aromatic ring is 1. The monoisotopic (exact) mass is 184 g/mol. The van der Waals surface area contributed by atoms with E-state index in [0.29, 0.717) is 11.4 Å². The fraction of sp³-hybridized carbons (Fsp3) is 0. The normalized spacial score (nSPS) is 9.71. The Morgan fingerprint density at radius 3 is 2.71 bits per heavy atom. The van der Waals surface area contributed by atoms with E-state index < -0.39 is 0 Å². The molecule has 0 saturated heterocycles. The molecule has 4 heteroatoms. The van der Waals surface area contributed by atoms with Crippen LogP contribution in [0.2, 0.25) is 0 Å². The summed E-state index contributed by atoms with van der Waals surface area (Å²) in [4.78, 5) is 2.72. The van der Waals surface area contributed by atoms with Crippen LogP contribution in [0.4, 0.5) is 11.4 Å². The minimum absolute atomic E-state index is 0.478. The average molecular weight is 184 g/mol.